The van der Waals surface area contributed by atoms with Crippen molar-refractivity contribution in [3.63, 3.8) is 0 Å². The number of amides is 2. The molecular formula is C29H39N3O3. The summed E-state index contributed by atoms with van der Waals surface area (Å²) in [7, 11) is 0. The lowest BCUT2D eigenvalue weighted by Gasteiger charge is -2.24. The van der Waals surface area contributed by atoms with E-state index in [4.69, 9.17) is 4.74 Å². The molecule has 0 saturated heterocycles. The summed E-state index contributed by atoms with van der Waals surface area (Å²) in [5, 5.41) is 6.25. The fourth-order valence-corrected chi connectivity index (χ4v) is 5.00. The molecular weight excluding hydrogens is 438 g/mol. The fourth-order valence-electron chi connectivity index (χ4n) is 5.00. The van der Waals surface area contributed by atoms with Gasteiger partial charge in [-0.1, -0.05) is 55.3 Å². The van der Waals surface area contributed by atoms with Crippen LogP contribution in [0, 0.1) is 0 Å². The van der Waals surface area contributed by atoms with E-state index in [9.17, 15) is 9.59 Å². The number of aryl methyl sites for hydroxylation is 1. The molecule has 188 valence electrons. The molecule has 1 aliphatic carbocycles. The zero-order chi connectivity index (χ0) is 24.3. The van der Waals surface area contributed by atoms with E-state index in [1.807, 2.05) is 24.3 Å². The van der Waals surface area contributed by atoms with Gasteiger partial charge in [0.05, 0.1) is 13.2 Å². The Morgan fingerprint density at radius 3 is 2.63 bits per heavy atom. The van der Waals surface area contributed by atoms with Crippen LogP contribution in [-0.2, 0) is 29.1 Å². The number of benzene rings is 2. The standard InChI is InChI=1S/C29H39N3O3/c33-28(31-26-11-5-6-12-26)16-14-23-13-15-27-25(19-23)21-32(20-24-9-3-1-4-10-24)22-29(34)30-17-7-2-8-18-35-27/h1,3-4,9-10,13,15,19,26H,2,5-8,11-12,14,16-18,20-22H2,(H,30,34)(H,31,33). The number of nitrogens with zero attached hydrogens (tertiary/aromatic N) is 1. The molecule has 0 aromatic heterocycles. The maximum Gasteiger partial charge on any atom is 0.234 e. The molecule has 0 spiro atoms. The Morgan fingerprint density at radius 2 is 1.80 bits per heavy atom. The zero-order valence-corrected chi connectivity index (χ0v) is 20.8. The van der Waals surface area contributed by atoms with E-state index in [1.54, 1.807) is 0 Å². The molecule has 0 bridgehead atoms. The van der Waals surface area contributed by atoms with Crippen LogP contribution in [0.25, 0.3) is 0 Å². The normalized spacial score (nSPS) is 18.3. The first-order valence-electron chi connectivity index (χ1n) is 13.2. The Kier molecular flexibility index (Phi) is 9.58. The van der Waals surface area contributed by atoms with Gasteiger partial charge in [-0.05, 0) is 55.7 Å². The van der Waals surface area contributed by atoms with Gasteiger partial charge in [-0.3, -0.25) is 14.5 Å². The second kappa shape index (κ2) is 13.3. The van der Waals surface area contributed by atoms with Crippen LogP contribution in [0.3, 0.4) is 0 Å². The minimum Gasteiger partial charge on any atom is -0.493 e. The number of carbonyl (C=O) groups excluding carboxylic acids is 2. The topological polar surface area (TPSA) is 70.7 Å². The van der Waals surface area contributed by atoms with E-state index in [-0.39, 0.29) is 11.8 Å². The highest BCUT2D eigenvalue weighted by molar-refractivity contribution is 5.78. The van der Waals surface area contributed by atoms with Crippen LogP contribution >= 0.6 is 0 Å². The molecule has 2 aromatic rings. The van der Waals surface area contributed by atoms with Crippen LogP contribution in [0.2, 0.25) is 0 Å². The highest BCUT2D eigenvalue weighted by Gasteiger charge is 2.18. The van der Waals surface area contributed by atoms with Gasteiger partial charge >= 0.3 is 0 Å². The average Bonchev–Trinajstić information content (AvgIpc) is 3.36. The van der Waals surface area contributed by atoms with Crippen molar-refractivity contribution in [3.8, 4) is 5.75 Å². The molecule has 2 aromatic carbocycles. The van der Waals surface area contributed by atoms with Crippen LogP contribution in [0.15, 0.2) is 48.5 Å². The van der Waals surface area contributed by atoms with E-state index in [2.05, 4.69) is 39.8 Å². The van der Waals surface area contributed by atoms with Crippen LogP contribution < -0.4 is 15.4 Å². The van der Waals surface area contributed by atoms with Gasteiger partial charge in [0, 0.05) is 37.7 Å². The zero-order valence-electron chi connectivity index (χ0n) is 20.8. The smallest absolute Gasteiger partial charge is 0.234 e. The van der Waals surface area contributed by atoms with E-state index >= 15 is 0 Å². The summed E-state index contributed by atoms with van der Waals surface area (Å²) in [6.07, 6.45) is 8.78. The summed E-state index contributed by atoms with van der Waals surface area (Å²) in [5.74, 6) is 1.07. The van der Waals surface area contributed by atoms with Crippen molar-refractivity contribution in [2.45, 2.75) is 76.9 Å². The van der Waals surface area contributed by atoms with Crippen molar-refractivity contribution in [1.29, 1.82) is 0 Å². The van der Waals surface area contributed by atoms with Gasteiger partial charge < -0.3 is 15.4 Å². The summed E-state index contributed by atoms with van der Waals surface area (Å²) in [5.41, 5.74) is 3.37. The van der Waals surface area contributed by atoms with Crippen molar-refractivity contribution < 1.29 is 14.3 Å². The molecule has 4 rings (SSSR count). The number of hydrogen-bond donors (Lipinski definition) is 2. The molecule has 2 aliphatic rings. The first-order valence-corrected chi connectivity index (χ1v) is 13.2. The lowest BCUT2D eigenvalue weighted by atomic mass is 10.0. The van der Waals surface area contributed by atoms with Crippen LogP contribution in [-0.4, -0.2) is 42.5 Å². The predicted molar refractivity (Wildman–Crippen MR) is 138 cm³/mol. The highest BCUT2D eigenvalue weighted by atomic mass is 16.5. The quantitative estimate of drug-likeness (QED) is 0.649. The maximum absolute atomic E-state index is 12.7. The number of fused-ring (bicyclic) bond motifs is 1. The van der Waals surface area contributed by atoms with E-state index in [1.165, 1.54) is 18.4 Å². The first-order chi connectivity index (χ1) is 17.2. The van der Waals surface area contributed by atoms with Gasteiger partial charge in [-0.25, -0.2) is 0 Å². The molecule has 0 radical (unpaired) electrons. The molecule has 0 unspecified atom stereocenters. The van der Waals surface area contributed by atoms with E-state index in [0.29, 0.717) is 51.7 Å². The van der Waals surface area contributed by atoms with E-state index < -0.39 is 0 Å². The second-order valence-electron chi connectivity index (χ2n) is 9.88. The molecule has 1 fully saturated rings. The highest BCUT2D eigenvalue weighted by Crippen LogP contribution is 2.25. The van der Waals surface area contributed by atoms with Crippen LogP contribution in [0.1, 0.15) is 68.1 Å². The average molecular weight is 478 g/mol. The lowest BCUT2D eigenvalue weighted by Crippen LogP contribution is -2.37. The first kappa shape index (κ1) is 25.2. The predicted octanol–water partition coefficient (Wildman–Crippen LogP) is 4.36. The Morgan fingerprint density at radius 1 is 0.971 bits per heavy atom. The molecule has 0 atom stereocenters. The maximum atomic E-state index is 12.7. The van der Waals surface area contributed by atoms with Crippen molar-refractivity contribution in [2.24, 2.45) is 0 Å². The minimum absolute atomic E-state index is 0.0578. The number of rotatable bonds is 6. The number of nitrogens with one attached hydrogen (secondary N) is 2. The third-order valence-electron chi connectivity index (χ3n) is 6.90. The third-order valence-corrected chi connectivity index (χ3v) is 6.90. The third kappa shape index (κ3) is 8.39. The SMILES string of the molecule is O=C1CN(Cc2ccccc2)Cc2cc(CCC(=O)NC3CCCC3)ccc2OCCCCCN1. The van der Waals surface area contributed by atoms with Gasteiger partial charge in [-0.15, -0.1) is 0 Å². The van der Waals surface area contributed by atoms with E-state index in [0.717, 1.165) is 49.0 Å². The monoisotopic (exact) mass is 477 g/mol. The molecule has 1 aliphatic heterocycles. The molecule has 35 heavy (non-hydrogen) atoms. The van der Waals surface area contributed by atoms with Crippen molar-refractivity contribution in [1.82, 2.24) is 15.5 Å². The Hall–Kier alpha value is -2.86. The molecule has 1 saturated carbocycles. The molecule has 2 amide bonds. The fraction of sp³-hybridized carbons (Fsp3) is 0.517. The van der Waals surface area contributed by atoms with Gasteiger partial charge in [-0.2, -0.15) is 0 Å². The summed E-state index contributed by atoms with van der Waals surface area (Å²) in [6, 6.07) is 16.9. The van der Waals surface area contributed by atoms with Gasteiger partial charge in [0.15, 0.2) is 0 Å². The minimum atomic E-state index is 0.0578. The Bertz CT molecular complexity index is 957. The second-order valence-corrected chi connectivity index (χ2v) is 9.88. The van der Waals surface area contributed by atoms with Gasteiger partial charge in [0.2, 0.25) is 11.8 Å². The molecule has 6 nitrogen and oxygen atoms in total. The van der Waals surface area contributed by atoms with Crippen LogP contribution in [0.5, 0.6) is 5.75 Å². The number of carbonyl (C=O) groups is 2. The summed E-state index contributed by atoms with van der Waals surface area (Å²) in [4.78, 5) is 27.3. The summed E-state index contributed by atoms with van der Waals surface area (Å²) < 4.78 is 6.18. The largest absolute Gasteiger partial charge is 0.493 e. The lowest BCUT2D eigenvalue weighted by molar-refractivity contribution is -0.123. The summed E-state index contributed by atoms with van der Waals surface area (Å²) >= 11 is 0. The number of hydrogen-bond acceptors (Lipinski definition) is 4. The Labute approximate surface area is 209 Å². The van der Waals surface area contributed by atoms with Crippen molar-refractivity contribution in [3.05, 3.63) is 65.2 Å². The van der Waals surface area contributed by atoms with Gasteiger partial charge in [0.25, 0.3) is 0 Å². The molecule has 2 N–H and O–H groups in total. The van der Waals surface area contributed by atoms with Crippen molar-refractivity contribution in [2.75, 3.05) is 19.7 Å². The molecule has 6 heteroatoms. The van der Waals surface area contributed by atoms with Gasteiger partial charge in [0.1, 0.15) is 5.75 Å². The molecule has 1 heterocycles. The van der Waals surface area contributed by atoms with Crippen molar-refractivity contribution >= 4 is 11.8 Å². The number of ether oxygens (including phenoxy) is 1. The van der Waals surface area contributed by atoms with Crippen LogP contribution in [0.4, 0.5) is 0 Å². The summed E-state index contributed by atoms with van der Waals surface area (Å²) in [6.45, 7) is 3.00. The Balaban J connectivity index is 1.48.